The molecular formula is C13H13FN2O5. The van der Waals surface area contributed by atoms with Crippen LogP contribution in [0.3, 0.4) is 0 Å². The Morgan fingerprint density at radius 2 is 2.14 bits per heavy atom. The van der Waals surface area contributed by atoms with Crippen LogP contribution in [0.5, 0.6) is 0 Å². The summed E-state index contributed by atoms with van der Waals surface area (Å²) in [7, 11) is 0. The molecule has 2 amide bonds. The van der Waals surface area contributed by atoms with Gasteiger partial charge in [-0.15, -0.1) is 0 Å². The SMILES string of the molecule is CC(=O)NC1(C)COC(=O)N1c1ccc(C(=O)O)c(F)c1. The number of cyclic esters (lactones) is 1. The average Bonchev–Trinajstić information content (AvgIpc) is 2.63. The molecule has 7 nitrogen and oxygen atoms in total. The Kier molecular flexibility index (Phi) is 3.54. The first-order valence-electron chi connectivity index (χ1n) is 6.03. The number of nitrogens with one attached hydrogen (secondary N) is 1. The molecule has 1 unspecified atom stereocenters. The van der Waals surface area contributed by atoms with Crippen LogP contribution < -0.4 is 10.2 Å². The molecule has 0 saturated carbocycles. The molecule has 0 spiro atoms. The number of hydrogen-bond acceptors (Lipinski definition) is 4. The summed E-state index contributed by atoms with van der Waals surface area (Å²) in [6.07, 6.45) is -0.756. The lowest BCUT2D eigenvalue weighted by molar-refractivity contribution is -0.120. The molecule has 8 heteroatoms. The first-order chi connectivity index (χ1) is 9.74. The Morgan fingerprint density at radius 1 is 1.48 bits per heavy atom. The fraction of sp³-hybridized carbons (Fsp3) is 0.308. The number of ether oxygens (including phenoxy) is 1. The Balaban J connectivity index is 2.43. The van der Waals surface area contributed by atoms with E-state index in [1.165, 1.54) is 13.0 Å². The van der Waals surface area contributed by atoms with Gasteiger partial charge in [-0.2, -0.15) is 0 Å². The molecule has 1 aromatic rings. The molecule has 1 aliphatic rings. The van der Waals surface area contributed by atoms with E-state index in [-0.39, 0.29) is 18.2 Å². The highest BCUT2D eigenvalue weighted by Crippen LogP contribution is 2.30. The van der Waals surface area contributed by atoms with Crippen molar-refractivity contribution < 1.29 is 28.6 Å². The summed E-state index contributed by atoms with van der Waals surface area (Å²) in [5.74, 6) is -2.78. The van der Waals surface area contributed by atoms with Crippen molar-refractivity contribution in [2.45, 2.75) is 19.5 Å². The minimum absolute atomic E-state index is 0.0938. The predicted octanol–water partition coefficient (Wildman–Crippen LogP) is 1.33. The zero-order chi connectivity index (χ0) is 15.8. The van der Waals surface area contributed by atoms with Gasteiger partial charge in [0.1, 0.15) is 12.4 Å². The van der Waals surface area contributed by atoms with E-state index in [1.54, 1.807) is 6.92 Å². The van der Waals surface area contributed by atoms with Gasteiger partial charge in [0.2, 0.25) is 5.91 Å². The smallest absolute Gasteiger partial charge is 0.416 e. The molecule has 0 aliphatic carbocycles. The number of halogens is 1. The van der Waals surface area contributed by atoms with E-state index in [1.807, 2.05) is 0 Å². The summed E-state index contributed by atoms with van der Waals surface area (Å²) >= 11 is 0. The molecule has 1 saturated heterocycles. The summed E-state index contributed by atoms with van der Waals surface area (Å²) < 4.78 is 18.6. The summed E-state index contributed by atoms with van der Waals surface area (Å²) in [6.45, 7) is 2.72. The topological polar surface area (TPSA) is 95.9 Å². The maximum atomic E-state index is 13.7. The van der Waals surface area contributed by atoms with Crippen molar-refractivity contribution in [2.75, 3.05) is 11.5 Å². The van der Waals surface area contributed by atoms with E-state index >= 15 is 0 Å². The van der Waals surface area contributed by atoms with Crippen LogP contribution in [0.25, 0.3) is 0 Å². The largest absolute Gasteiger partial charge is 0.478 e. The van der Waals surface area contributed by atoms with Crippen molar-refractivity contribution >= 4 is 23.7 Å². The number of anilines is 1. The van der Waals surface area contributed by atoms with Gasteiger partial charge in [0.15, 0.2) is 5.66 Å². The Morgan fingerprint density at radius 3 is 2.67 bits per heavy atom. The number of rotatable bonds is 3. The van der Waals surface area contributed by atoms with Crippen molar-refractivity contribution in [1.82, 2.24) is 5.32 Å². The van der Waals surface area contributed by atoms with Crippen LogP contribution in [0.1, 0.15) is 24.2 Å². The van der Waals surface area contributed by atoms with Gasteiger partial charge in [-0.3, -0.25) is 9.69 Å². The predicted molar refractivity (Wildman–Crippen MR) is 69.4 cm³/mol. The molecular weight excluding hydrogens is 283 g/mol. The molecule has 0 aromatic heterocycles. The lowest BCUT2D eigenvalue weighted by Gasteiger charge is -2.32. The van der Waals surface area contributed by atoms with Crippen LogP contribution >= 0.6 is 0 Å². The average molecular weight is 296 g/mol. The highest BCUT2D eigenvalue weighted by Gasteiger charge is 2.45. The van der Waals surface area contributed by atoms with E-state index in [0.29, 0.717) is 0 Å². The third-order valence-corrected chi connectivity index (χ3v) is 3.04. The molecule has 1 aromatic carbocycles. The minimum Gasteiger partial charge on any atom is -0.478 e. The van der Waals surface area contributed by atoms with E-state index in [9.17, 15) is 18.8 Å². The normalized spacial score (nSPS) is 21.1. The molecule has 0 radical (unpaired) electrons. The van der Waals surface area contributed by atoms with Gasteiger partial charge < -0.3 is 15.2 Å². The molecule has 1 heterocycles. The van der Waals surface area contributed by atoms with E-state index in [2.05, 4.69) is 5.32 Å². The number of carboxylic acid groups (broad SMARTS) is 1. The first-order valence-corrected chi connectivity index (χ1v) is 6.03. The second-order valence-corrected chi connectivity index (χ2v) is 4.81. The van der Waals surface area contributed by atoms with Gasteiger partial charge >= 0.3 is 12.1 Å². The van der Waals surface area contributed by atoms with Crippen molar-refractivity contribution in [1.29, 1.82) is 0 Å². The highest BCUT2D eigenvalue weighted by atomic mass is 19.1. The third kappa shape index (κ3) is 2.64. The van der Waals surface area contributed by atoms with Crippen LogP contribution in [0.4, 0.5) is 14.9 Å². The summed E-state index contributed by atoms with van der Waals surface area (Å²) in [5, 5.41) is 11.3. The zero-order valence-electron chi connectivity index (χ0n) is 11.3. The zero-order valence-corrected chi connectivity index (χ0v) is 11.3. The van der Waals surface area contributed by atoms with Gasteiger partial charge in [0.05, 0.1) is 11.3 Å². The molecule has 21 heavy (non-hydrogen) atoms. The molecule has 1 fully saturated rings. The van der Waals surface area contributed by atoms with Crippen molar-refractivity contribution in [3.05, 3.63) is 29.6 Å². The molecule has 1 atom stereocenters. The lowest BCUT2D eigenvalue weighted by Crippen LogP contribution is -2.57. The quantitative estimate of drug-likeness (QED) is 0.877. The van der Waals surface area contributed by atoms with Crippen molar-refractivity contribution in [2.24, 2.45) is 0 Å². The first kappa shape index (κ1) is 14.8. The summed E-state index contributed by atoms with van der Waals surface area (Å²) in [5.41, 5.74) is -1.58. The molecule has 0 bridgehead atoms. The molecule has 1 aliphatic heterocycles. The van der Waals surface area contributed by atoms with Gasteiger partial charge in [0.25, 0.3) is 0 Å². The van der Waals surface area contributed by atoms with E-state index in [0.717, 1.165) is 17.0 Å². The maximum absolute atomic E-state index is 13.7. The number of carbonyl (C=O) groups excluding carboxylic acids is 2. The van der Waals surface area contributed by atoms with E-state index < -0.39 is 29.1 Å². The molecule has 2 N–H and O–H groups in total. The Bertz CT molecular complexity index is 633. The van der Waals surface area contributed by atoms with Gasteiger partial charge in [-0.05, 0) is 25.1 Å². The van der Waals surface area contributed by atoms with Gasteiger partial charge in [0, 0.05) is 6.92 Å². The number of aromatic carboxylic acids is 1. The van der Waals surface area contributed by atoms with Crippen LogP contribution in [0.15, 0.2) is 18.2 Å². The van der Waals surface area contributed by atoms with Gasteiger partial charge in [-0.25, -0.2) is 14.0 Å². The minimum atomic E-state index is -1.41. The molecule has 2 rings (SSSR count). The van der Waals surface area contributed by atoms with E-state index in [4.69, 9.17) is 9.84 Å². The van der Waals surface area contributed by atoms with Crippen molar-refractivity contribution in [3.63, 3.8) is 0 Å². The number of amides is 2. The molecule has 112 valence electrons. The van der Waals surface area contributed by atoms with Gasteiger partial charge in [-0.1, -0.05) is 0 Å². The number of hydrogen-bond donors (Lipinski definition) is 2. The van der Waals surface area contributed by atoms with Crippen molar-refractivity contribution in [3.8, 4) is 0 Å². The lowest BCUT2D eigenvalue weighted by atomic mass is 10.1. The fourth-order valence-electron chi connectivity index (χ4n) is 2.21. The summed E-state index contributed by atoms with van der Waals surface area (Å²) in [4.78, 5) is 34.9. The fourth-order valence-corrected chi connectivity index (χ4v) is 2.21. The van der Waals surface area contributed by atoms with Crippen LogP contribution in [0, 0.1) is 5.82 Å². The monoisotopic (exact) mass is 296 g/mol. The van der Waals surface area contributed by atoms with Crippen LogP contribution in [-0.2, 0) is 9.53 Å². The number of benzene rings is 1. The Labute approximate surface area is 119 Å². The Hall–Kier alpha value is -2.64. The van der Waals surface area contributed by atoms with Crippen LogP contribution in [-0.4, -0.2) is 35.3 Å². The standard InChI is InChI=1S/C13H13FN2O5/c1-7(17)15-13(2)6-21-12(20)16(13)8-3-4-9(11(18)19)10(14)5-8/h3-5H,6H2,1-2H3,(H,15,17)(H,18,19). The maximum Gasteiger partial charge on any atom is 0.416 e. The number of carbonyl (C=O) groups is 3. The highest BCUT2D eigenvalue weighted by molar-refractivity contribution is 5.94. The summed E-state index contributed by atoms with van der Waals surface area (Å²) in [6, 6.07) is 3.24. The third-order valence-electron chi connectivity index (χ3n) is 3.04. The second-order valence-electron chi connectivity index (χ2n) is 4.81. The second kappa shape index (κ2) is 5.04. The number of nitrogens with zero attached hydrogens (tertiary/aromatic N) is 1. The number of carboxylic acids is 1. The van der Waals surface area contributed by atoms with Crippen LogP contribution in [0.2, 0.25) is 0 Å².